The zero-order valence-electron chi connectivity index (χ0n) is 12.9. The summed E-state index contributed by atoms with van der Waals surface area (Å²) in [5, 5.41) is 7.52. The van der Waals surface area contributed by atoms with Gasteiger partial charge in [-0.25, -0.2) is 4.98 Å². The quantitative estimate of drug-likeness (QED) is 0.880. The summed E-state index contributed by atoms with van der Waals surface area (Å²) < 4.78 is 5.19. The molecule has 0 spiro atoms. The molecule has 3 heterocycles. The summed E-state index contributed by atoms with van der Waals surface area (Å²) in [4.78, 5) is 20.8. The van der Waals surface area contributed by atoms with E-state index in [9.17, 15) is 4.79 Å². The number of nitrogens with zero attached hydrogens (tertiary/aromatic N) is 3. The highest BCUT2D eigenvalue weighted by Crippen LogP contribution is 2.16. The number of aromatic nitrogens is 3. The van der Waals surface area contributed by atoms with Gasteiger partial charge >= 0.3 is 0 Å². The maximum Gasteiger partial charge on any atom is 0.290 e. The van der Waals surface area contributed by atoms with Gasteiger partial charge in [0.2, 0.25) is 0 Å². The average Bonchev–Trinajstić information content (AvgIpc) is 2.85. The van der Waals surface area contributed by atoms with Gasteiger partial charge in [-0.2, -0.15) is 0 Å². The molecule has 2 aromatic rings. The smallest absolute Gasteiger partial charge is 0.290 e. The number of H-pyrrole nitrogens is 1. The van der Waals surface area contributed by atoms with Crippen LogP contribution in [0.25, 0.3) is 0 Å². The first-order chi connectivity index (χ1) is 10.6. The lowest BCUT2D eigenvalue weighted by molar-refractivity contribution is 0.389. The molecule has 0 amide bonds. The third-order valence-corrected chi connectivity index (χ3v) is 4.16. The molecular weight excluding hydrogens is 282 g/mol. The lowest BCUT2D eigenvalue weighted by atomic mass is 10.1. The molecule has 7 nitrogen and oxygen atoms in total. The van der Waals surface area contributed by atoms with Crippen molar-refractivity contribution in [2.45, 2.75) is 39.3 Å². The Bertz CT molecular complexity index is 674. The molecule has 2 aromatic heterocycles. The van der Waals surface area contributed by atoms with Crippen molar-refractivity contribution in [3.8, 4) is 0 Å². The molecule has 2 N–H and O–H groups in total. The van der Waals surface area contributed by atoms with Gasteiger partial charge in [0.1, 0.15) is 5.76 Å². The van der Waals surface area contributed by atoms with Crippen LogP contribution < -0.4 is 15.8 Å². The predicted molar refractivity (Wildman–Crippen MR) is 82.9 cm³/mol. The molecule has 0 bridgehead atoms. The van der Waals surface area contributed by atoms with Gasteiger partial charge in [-0.05, 0) is 26.7 Å². The monoisotopic (exact) mass is 303 g/mol. The van der Waals surface area contributed by atoms with Gasteiger partial charge in [-0.1, -0.05) is 5.16 Å². The lowest BCUT2D eigenvalue weighted by Crippen LogP contribution is -2.47. The van der Waals surface area contributed by atoms with E-state index in [-0.39, 0.29) is 5.56 Å². The third-order valence-electron chi connectivity index (χ3n) is 4.16. The van der Waals surface area contributed by atoms with Crippen molar-refractivity contribution < 1.29 is 4.52 Å². The van der Waals surface area contributed by atoms with E-state index in [1.807, 2.05) is 18.7 Å². The molecule has 3 rings (SSSR count). The first-order valence-electron chi connectivity index (χ1n) is 7.59. The number of anilines is 1. The molecule has 0 aromatic carbocycles. The Morgan fingerprint density at radius 3 is 3.09 bits per heavy atom. The van der Waals surface area contributed by atoms with Crippen molar-refractivity contribution in [2.75, 3.05) is 18.0 Å². The van der Waals surface area contributed by atoms with Crippen LogP contribution in [-0.2, 0) is 6.54 Å². The normalized spacial score (nSPS) is 18.6. The lowest BCUT2D eigenvalue weighted by Gasteiger charge is -2.33. The van der Waals surface area contributed by atoms with E-state index in [4.69, 9.17) is 4.52 Å². The summed E-state index contributed by atoms with van der Waals surface area (Å²) in [6, 6.07) is 0.323. The minimum absolute atomic E-state index is 0.131. The Kier molecular flexibility index (Phi) is 4.24. The number of nitrogens with one attached hydrogen (secondary N) is 2. The second-order valence-electron chi connectivity index (χ2n) is 5.71. The van der Waals surface area contributed by atoms with Crippen LogP contribution in [0.3, 0.4) is 0 Å². The van der Waals surface area contributed by atoms with E-state index in [0.29, 0.717) is 11.9 Å². The van der Waals surface area contributed by atoms with Gasteiger partial charge in [-0.3, -0.25) is 4.79 Å². The van der Waals surface area contributed by atoms with Crippen molar-refractivity contribution in [1.29, 1.82) is 0 Å². The number of hydrogen-bond acceptors (Lipinski definition) is 6. The van der Waals surface area contributed by atoms with Crippen LogP contribution >= 0.6 is 0 Å². The minimum atomic E-state index is -0.131. The molecule has 1 atom stereocenters. The predicted octanol–water partition coefficient (Wildman–Crippen LogP) is 1.13. The molecule has 1 saturated heterocycles. The fraction of sp³-hybridized carbons (Fsp3) is 0.533. The number of aryl methyl sites for hydroxylation is 2. The van der Waals surface area contributed by atoms with Crippen LogP contribution in [0, 0.1) is 13.8 Å². The summed E-state index contributed by atoms with van der Waals surface area (Å²) in [7, 11) is 0. The summed E-state index contributed by atoms with van der Waals surface area (Å²) in [5.41, 5.74) is 1.92. The van der Waals surface area contributed by atoms with Gasteiger partial charge in [0, 0.05) is 43.6 Å². The maximum absolute atomic E-state index is 11.9. The van der Waals surface area contributed by atoms with Crippen LogP contribution in [0.4, 0.5) is 5.82 Å². The molecule has 1 fully saturated rings. The number of hydrogen-bond donors (Lipinski definition) is 2. The maximum atomic E-state index is 11.9. The zero-order valence-corrected chi connectivity index (χ0v) is 12.9. The first-order valence-corrected chi connectivity index (χ1v) is 7.59. The highest BCUT2D eigenvalue weighted by Gasteiger charge is 2.22. The van der Waals surface area contributed by atoms with Crippen LogP contribution in [0.15, 0.2) is 21.7 Å². The van der Waals surface area contributed by atoms with E-state index in [2.05, 4.69) is 20.4 Å². The second kappa shape index (κ2) is 6.31. The van der Waals surface area contributed by atoms with E-state index in [0.717, 1.165) is 49.5 Å². The van der Waals surface area contributed by atoms with E-state index in [1.54, 1.807) is 12.4 Å². The van der Waals surface area contributed by atoms with Gasteiger partial charge in [0.25, 0.3) is 5.56 Å². The Labute approximate surface area is 128 Å². The van der Waals surface area contributed by atoms with Crippen molar-refractivity contribution in [3.63, 3.8) is 0 Å². The van der Waals surface area contributed by atoms with Crippen molar-refractivity contribution in [1.82, 2.24) is 20.4 Å². The topological polar surface area (TPSA) is 87.1 Å². The van der Waals surface area contributed by atoms with E-state index in [1.165, 1.54) is 0 Å². The SMILES string of the molecule is Cc1noc(C)c1CN[C@H]1CCCN(c2ncc[nH]c2=O)C1. The van der Waals surface area contributed by atoms with Crippen LogP contribution in [0.5, 0.6) is 0 Å². The summed E-state index contributed by atoms with van der Waals surface area (Å²) >= 11 is 0. The van der Waals surface area contributed by atoms with Crippen LogP contribution in [-0.4, -0.2) is 34.3 Å². The van der Waals surface area contributed by atoms with Gasteiger partial charge < -0.3 is 19.7 Å². The molecule has 118 valence electrons. The molecule has 0 saturated carbocycles. The van der Waals surface area contributed by atoms with Crippen molar-refractivity contribution in [2.24, 2.45) is 0 Å². The minimum Gasteiger partial charge on any atom is -0.361 e. The fourth-order valence-corrected chi connectivity index (χ4v) is 2.91. The van der Waals surface area contributed by atoms with Gasteiger partial charge in [0.15, 0.2) is 5.82 Å². The third kappa shape index (κ3) is 3.04. The number of aromatic amines is 1. The molecule has 0 unspecified atom stereocenters. The standard InChI is InChI=1S/C15H21N5O2/c1-10-13(11(2)22-19-10)8-18-12-4-3-7-20(9-12)14-15(21)17-6-5-16-14/h5-6,12,18H,3-4,7-9H2,1-2H3,(H,17,21)/t12-/m0/s1. The molecule has 0 radical (unpaired) electrons. The van der Waals surface area contributed by atoms with Crippen LogP contribution in [0.2, 0.25) is 0 Å². The molecule has 22 heavy (non-hydrogen) atoms. The Balaban J connectivity index is 1.64. The molecule has 1 aliphatic rings. The van der Waals surface area contributed by atoms with Crippen molar-refractivity contribution in [3.05, 3.63) is 39.8 Å². The summed E-state index contributed by atoms with van der Waals surface area (Å²) in [6.45, 7) is 6.26. The van der Waals surface area contributed by atoms with E-state index >= 15 is 0 Å². The highest BCUT2D eigenvalue weighted by atomic mass is 16.5. The van der Waals surface area contributed by atoms with Crippen LogP contribution in [0.1, 0.15) is 29.9 Å². The molecule has 1 aliphatic heterocycles. The second-order valence-corrected chi connectivity index (χ2v) is 5.71. The molecule has 0 aliphatic carbocycles. The first kappa shape index (κ1) is 14.8. The number of rotatable bonds is 4. The Hall–Kier alpha value is -2.15. The average molecular weight is 303 g/mol. The number of piperidine rings is 1. The molecular formula is C15H21N5O2. The summed E-state index contributed by atoms with van der Waals surface area (Å²) in [5.74, 6) is 1.37. The largest absolute Gasteiger partial charge is 0.361 e. The Morgan fingerprint density at radius 1 is 1.50 bits per heavy atom. The van der Waals surface area contributed by atoms with Gasteiger partial charge in [-0.15, -0.1) is 0 Å². The Morgan fingerprint density at radius 2 is 2.36 bits per heavy atom. The fourth-order valence-electron chi connectivity index (χ4n) is 2.91. The van der Waals surface area contributed by atoms with Crippen molar-refractivity contribution >= 4 is 5.82 Å². The highest BCUT2D eigenvalue weighted by molar-refractivity contribution is 5.36. The van der Waals surface area contributed by atoms with E-state index < -0.39 is 0 Å². The summed E-state index contributed by atoms with van der Waals surface area (Å²) in [6.07, 6.45) is 5.31. The molecule has 7 heteroatoms. The zero-order chi connectivity index (χ0) is 15.5. The van der Waals surface area contributed by atoms with Gasteiger partial charge in [0.05, 0.1) is 5.69 Å².